The van der Waals surface area contributed by atoms with Gasteiger partial charge in [0, 0.05) is 11.3 Å². The number of carbonyl (C=O) groups is 1. The van der Waals surface area contributed by atoms with Crippen LogP contribution in [0.1, 0.15) is 30.1 Å². The van der Waals surface area contributed by atoms with Crippen molar-refractivity contribution in [3.05, 3.63) is 60.2 Å². The highest BCUT2D eigenvalue weighted by molar-refractivity contribution is 7.80. The zero-order valence-electron chi connectivity index (χ0n) is 13.0. The van der Waals surface area contributed by atoms with Gasteiger partial charge in [-0.2, -0.15) is 0 Å². The predicted octanol–water partition coefficient (Wildman–Crippen LogP) is 3.99. The van der Waals surface area contributed by atoms with E-state index in [-0.39, 0.29) is 11.0 Å². The van der Waals surface area contributed by atoms with E-state index in [2.05, 4.69) is 17.6 Å². The smallest absolute Gasteiger partial charge is 0.257 e. The Morgan fingerprint density at radius 2 is 1.78 bits per heavy atom. The average Bonchev–Trinajstić information content (AvgIpc) is 2.56. The number of benzene rings is 2. The number of hydrogen-bond donors (Lipinski definition) is 2. The summed E-state index contributed by atoms with van der Waals surface area (Å²) in [4.78, 5) is 12.1. The van der Waals surface area contributed by atoms with Gasteiger partial charge in [0.1, 0.15) is 5.75 Å². The standard InChI is InChI=1S/C18H20N2O2S/c1-2-3-13-22-16-11-9-14(10-12-16)17(21)20-18(23)19-15-7-5-4-6-8-15/h4-12H,2-3,13H2,1H3,(H2,19,20,21,23). The zero-order valence-corrected chi connectivity index (χ0v) is 13.9. The van der Waals surface area contributed by atoms with Crippen molar-refractivity contribution in [3.63, 3.8) is 0 Å². The predicted molar refractivity (Wildman–Crippen MR) is 97.0 cm³/mol. The molecule has 0 atom stereocenters. The maximum Gasteiger partial charge on any atom is 0.257 e. The molecule has 2 aromatic rings. The molecule has 0 saturated heterocycles. The van der Waals surface area contributed by atoms with Crippen LogP contribution in [0, 0.1) is 0 Å². The quantitative estimate of drug-likeness (QED) is 0.622. The largest absolute Gasteiger partial charge is 0.494 e. The second kappa shape index (κ2) is 8.90. The lowest BCUT2D eigenvalue weighted by molar-refractivity contribution is 0.0977. The van der Waals surface area contributed by atoms with Gasteiger partial charge in [0.2, 0.25) is 0 Å². The Balaban J connectivity index is 1.86. The van der Waals surface area contributed by atoms with E-state index in [9.17, 15) is 4.79 Å². The fourth-order valence-electron chi connectivity index (χ4n) is 1.90. The monoisotopic (exact) mass is 328 g/mol. The molecule has 0 spiro atoms. The Bertz CT molecular complexity index is 642. The fourth-order valence-corrected chi connectivity index (χ4v) is 2.11. The van der Waals surface area contributed by atoms with Crippen molar-refractivity contribution in [1.82, 2.24) is 5.32 Å². The molecule has 0 aliphatic heterocycles. The SMILES string of the molecule is CCCCOc1ccc(C(=O)NC(=S)Nc2ccccc2)cc1. The van der Waals surface area contributed by atoms with Gasteiger partial charge >= 0.3 is 0 Å². The van der Waals surface area contributed by atoms with Crippen molar-refractivity contribution >= 4 is 28.9 Å². The first-order chi connectivity index (χ1) is 11.2. The molecule has 2 rings (SSSR count). The second-order valence-corrected chi connectivity index (χ2v) is 5.41. The van der Waals surface area contributed by atoms with Gasteiger partial charge in [-0.25, -0.2) is 0 Å². The maximum absolute atomic E-state index is 12.1. The minimum absolute atomic E-state index is 0.251. The van der Waals surface area contributed by atoms with Crippen LogP contribution < -0.4 is 15.4 Å². The topological polar surface area (TPSA) is 50.4 Å². The number of ether oxygens (including phenoxy) is 1. The van der Waals surface area contributed by atoms with Gasteiger partial charge in [-0.15, -0.1) is 0 Å². The molecule has 4 nitrogen and oxygen atoms in total. The van der Waals surface area contributed by atoms with Gasteiger partial charge in [0.15, 0.2) is 5.11 Å². The van der Waals surface area contributed by atoms with Crippen molar-refractivity contribution in [3.8, 4) is 5.75 Å². The summed E-state index contributed by atoms with van der Waals surface area (Å²) in [6.45, 7) is 2.80. The van der Waals surface area contributed by atoms with E-state index in [4.69, 9.17) is 17.0 Å². The summed E-state index contributed by atoms with van der Waals surface area (Å²) in [6, 6.07) is 16.5. The summed E-state index contributed by atoms with van der Waals surface area (Å²) in [7, 11) is 0. The first-order valence-corrected chi connectivity index (χ1v) is 8.00. The van der Waals surface area contributed by atoms with E-state index < -0.39 is 0 Å². The van der Waals surface area contributed by atoms with Crippen LogP contribution in [-0.4, -0.2) is 17.6 Å². The number of amides is 1. The molecular formula is C18H20N2O2S. The number of para-hydroxylation sites is 1. The van der Waals surface area contributed by atoms with Crippen LogP contribution in [-0.2, 0) is 0 Å². The van der Waals surface area contributed by atoms with E-state index >= 15 is 0 Å². The summed E-state index contributed by atoms with van der Waals surface area (Å²) in [5.74, 6) is 0.513. The number of thiocarbonyl (C=S) groups is 1. The van der Waals surface area contributed by atoms with Gasteiger partial charge in [-0.3, -0.25) is 10.1 Å². The number of anilines is 1. The van der Waals surface area contributed by atoms with E-state index in [1.54, 1.807) is 24.3 Å². The Morgan fingerprint density at radius 1 is 1.09 bits per heavy atom. The molecule has 0 fully saturated rings. The number of nitrogens with one attached hydrogen (secondary N) is 2. The highest BCUT2D eigenvalue weighted by atomic mass is 32.1. The zero-order chi connectivity index (χ0) is 16.5. The first kappa shape index (κ1) is 17.0. The van der Waals surface area contributed by atoms with E-state index in [0.717, 1.165) is 24.3 Å². The molecule has 2 aromatic carbocycles. The van der Waals surface area contributed by atoms with Crippen LogP contribution in [0.5, 0.6) is 5.75 Å². The number of rotatable bonds is 6. The molecule has 0 saturated carbocycles. The lowest BCUT2D eigenvalue weighted by Gasteiger charge is -2.10. The van der Waals surface area contributed by atoms with Crippen LogP contribution in [0.3, 0.4) is 0 Å². The van der Waals surface area contributed by atoms with Crippen molar-refractivity contribution in [1.29, 1.82) is 0 Å². The third-order valence-electron chi connectivity index (χ3n) is 3.14. The second-order valence-electron chi connectivity index (χ2n) is 5.00. The van der Waals surface area contributed by atoms with Gasteiger partial charge < -0.3 is 10.1 Å². The third-order valence-corrected chi connectivity index (χ3v) is 3.35. The van der Waals surface area contributed by atoms with Gasteiger partial charge in [-0.1, -0.05) is 31.5 Å². The van der Waals surface area contributed by atoms with Gasteiger partial charge in [0.25, 0.3) is 5.91 Å². The molecule has 1 amide bonds. The molecule has 0 aliphatic rings. The van der Waals surface area contributed by atoms with Crippen molar-refractivity contribution in [2.75, 3.05) is 11.9 Å². The molecule has 2 N–H and O–H groups in total. The molecule has 5 heteroatoms. The van der Waals surface area contributed by atoms with Crippen LogP contribution in [0.15, 0.2) is 54.6 Å². The third kappa shape index (κ3) is 5.71. The number of hydrogen-bond acceptors (Lipinski definition) is 3. The van der Waals surface area contributed by atoms with Crippen molar-refractivity contribution in [2.24, 2.45) is 0 Å². The minimum atomic E-state index is -0.251. The van der Waals surface area contributed by atoms with Crippen molar-refractivity contribution < 1.29 is 9.53 Å². The van der Waals surface area contributed by atoms with Crippen LogP contribution in [0.2, 0.25) is 0 Å². The van der Waals surface area contributed by atoms with E-state index in [0.29, 0.717) is 12.2 Å². The highest BCUT2D eigenvalue weighted by Gasteiger charge is 2.08. The molecule has 0 bridgehead atoms. The van der Waals surface area contributed by atoms with Crippen LogP contribution in [0.25, 0.3) is 0 Å². The Kier molecular flexibility index (Phi) is 6.56. The maximum atomic E-state index is 12.1. The van der Waals surface area contributed by atoms with Gasteiger partial charge in [0.05, 0.1) is 6.61 Å². The van der Waals surface area contributed by atoms with Crippen molar-refractivity contribution in [2.45, 2.75) is 19.8 Å². The highest BCUT2D eigenvalue weighted by Crippen LogP contribution is 2.13. The lowest BCUT2D eigenvalue weighted by atomic mass is 10.2. The minimum Gasteiger partial charge on any atom is -0.494 e. The Morgan fingerprint density at radius 3 is 2.43 bits per heavy atom. The summed E-state index contributed by atoms with van der Waals surface area (Å²) >= 11 is 5.14. The summed E-state index contributed by atoms with van der Waals surface area (Å²) in [5, 5.41) is 5.89. The number of unbranched alkanes of at least 4 members (excludes halogenated alkanes) is 1. The summed E-state index contributed by atoms with van der Waals surface area (Å²) in [5.41, 5.74) is 1.36. The molecule has 23 heavy (non-hydrogen) atoms. The fraction of sp³-hybridized carbons (Fsp3) is 0.222. The molecule has 0 radical (unpaired) electrons. The van der Waals surface area contributed by atoms with E-state index in [1.807, 2.05) is 30.3 Å². The lowest BCUT2D eigenvalue weighted by Crippen LogP contribution is -2.34. The molecule has 0 heterocycles. The van der Waals surface area contributed by atoms with Crippen LogP contribution >= 0.6 is 12.2 Å². The van der Waals surface area contributed by atoms with Crippen LogP contribution in [0.4, 0.5) is 5.69 Å². The molecular weight excluding hydrogens is 308 g/mol. The van der Waals surface area contributed by atoms with E-state index in [1.165, 1.54) is 0 Å². The molecule has 0 aliphatic carbocycles. The normalized spacial score (nSPS) is 9.96. The Labute approximate surface area is 141 Å². The summed E-state index contributed by atoms with van der Waals surface area (Å²) < 4.78 is 5.57. The molecule has 120 valence electrons. The number of carbonyl (C=O) groups excluding carboxylic acids is 1. The average molecular weight is 328 g/mol. The molecule has 0 unspecified atom stereocenters. The summed E-state index contributed by atoms with van der Waals surface area (Å²) in [6.07, 6.45) is 2.11. The first-order valence-electron chi connectivity index (χ1n) is 7.59. The Hall–Kier alpha value is -2.40. The van der Waals surface area contributed by atoms with Gasteiger partial charge in [-0.05, 0) is 55.0 Å². The molecule has 0 aromatic heterocycles.